The smallest absolute Gasteiger partial charge is 0.142 e. The second-order valence-electron chi connectivity index (χ2n) is 26.6. The van der Waals surface area contributed by atoms with E-state index in [2.05, 4.69) is 124 Å². The number of aromatic amines is 4. The number of unbranched alkanes of at least 4 members (excludes halogenated alkanes) is 24. The third-order valence-corrected chi connectivity index (χ3v) is 19.8. The van der Waals surface area contributed by atoms with Crippen molar-refractivity contribution in [2.24, 2.45) is 20.0 Å². The molecule has 0 fully saturated rings. The molecule has 0 saturated heterocycles. The first-order valence-corrected chi connectivity index (χ1v) is 36.9. The van der Waals surface area contributed by atoms with Crippen molar-refractivity contribution in [1.29, 1.82) is 0 Å². The van der Waals surface area contributed by atoms with Gasteiger partial charge in [-0.25, -0.2) is 20.0 Å². The molecule has 8 nitrogen and oxygen atoms in total. The molecule has 8 aromatic rings. The first kappa shape index (κ1) is 66.7. The minimum Gasteiger partial charge on any atom is -0.324 e. The van der Waals surface area contributed by atoms with Gasteiger partial charge in [0.05, 0.1) is 0 Å². The number of hydrogen-bond donors (Lipinski definition) is 4. The van der Waals surface area contributed by atoms with E-state index in [9.17, 15) is 0 Å². The molecule has 4 N–H and O–H groups in total. The van der Waals surface area contributed by atoms with Crippen molar-refractivity contribution >= 4 is 66.4 Å². The van der Waals surface area contributed by atoms with Crippen LogP contribution in [0.4, 0.5) is 23.3 Å². The molecule has 4 aromatic carbocycles. The molecule has 1 aliphatic rings. The number of fused-ring (bicyclic) bond motifs is 20. The maximum Gasteiger partial charge on any atom is 0.142 e. The Hall–Kier alpha value is -5.76. The highest BCUT2D eigenvalue weighted by Gasteiger charge is 2.28. The second-order valence-corrected chi connectivity index (χ2v) is 26.6. The van der Waals surface area contributed by atoms with E-state index in [0.717, 1.165) is 118 Å². The molecule has 1 aliphatic heterocycles. The van der Waals surface area contributed by atoms with Crippen LogP contribution in [0.1, 0.15) is 305 Å². The number of hydrogen-bond acceptors (Lipinski definition) is 4. The van der Waals surface area contributed by atoms with E-state index >= 15 is 0 Å². The van der Waals surface area contributed by atoms with Gasteiger partial charge in [0.15, 0.2) is 0 Å². The summed E-state index contributed by atoms with van der Waals surface area (Å²) in [5.74, 6) is 3.53. The summed E-state index contributed by atoms with van der Waals surface area (Å²) in [5, 5.41) is 9.53. The van der Waals surface area contributed by atoms with Gasteiger partial charge in [0.2, 0.25) is 0 Å². The van der Waals surface area contributed by atoms with Crippen LogP contribution in [-0.4, -0.2) is 19.9 Å². The molecule has 0 saturated carbocycles. The largest absolute Gasteiger partial charge is 0.324 e. The average Bonchev–Trinajstić information content (AvgIpc) is 1.64. The Balaban J connectivity index is 1.52. The molecule has 9 rings (SSSR count). The lowest BCUT2D eigenvalue weighted by Gasteiger charge is -2.23. The van der Waals surface area contributed by atoms with Crippen LogP contribution in [0.25, 0.3) is 43.1 Å². The van der Waals surface area contributed by atoms with Crippen LogP contribution >= 0.6 is 0 Å². The predicted octanol–water partition coefficient (Wildman–Crippen LogP) is 22.7. The van der Waals surface area contributed by atoms with Crippen LogP contribution < -0.4 is 22.0 Å². The van der Waals surface area contributed by atoms with E-state index in [1.807, 2.05) is 0 Å². The normalized spacial score (nSPS) is 12.5. The highest BCUT2D eigenvalue weighted by Crippen LogP contribution is 2.45. The number of H-pyrrole nitrogens is 4. The van der Waals surface area contributed by atoms with Crippen LogP contribution in [0.3, 0.4) is 0 Å². The van der Waals surface area contributed by atoms with Crippen molar-refractivity contribution in [2.45, 2.75) is 312 Å². The minimum absolute atomic E-state index is 0.803. The molecule has 0 radical (unpaired) electrons. The Bertz CT molecular complexity index is 3730. The van der Waals surface area contributed by atoms with Crippen molar-refractivity contribution < 1.29 is 0 Å². The van der Waals surface area contributed by atoms with E-state index in [4.69, 9.17) is 20.0 Å². The van der Waals surface area contributed by atoms with Crippen molar-refractivity contribution in [3.8, 4) is 0 Å². The third kappa shape index (κ3) is 16.2. The lowest BCUT2D eigenvalue weighted by Crippen LogP contribution is -2.12. The van der Waals surface area contributed by atoms with Gasteiger partial charge in [0, 0.05) is 43.1 Å². The highest BCUT2D eigenvalue weighted by atomic mass is 15.1. The van der Waals surface area contributed by atoms with Crippen molar-refractivity contribution in [2.75, 3.05) is 0 Å². The van der Waals surface area contributed by atoms with Gasteiger partial charge in [-0.15, -0.1) is 0 Å². The van der Waals surface area contributed by atoms with Crippen molar-refractivity contribution in [3.05, 3.63) is 115 Å². The standard InChI is InChI=1S/C80H116N8/c1-9-17-25-33-45-57-59(47-35-27-19-11-3)63(51-39-31-23-15-7)71-69(61(57)49-37-29-21-13-5)77-84-75-67-55-43-41-53-65(67)73(82-75)81-74-66-54-42-44-56-68(66)76(83-74)85-78-70-62(50-38-30-22-14-6)58(46-34-26-18-10-2)60(48-36-28-20-12-4)64(52-40-32-24-16-8)72(70)80(87-78)88-79(71)86-77/h41-44,53-56H,9-40,45-52H2,1-8H3,(H4,81,82,83,84,85,86,87,88). The van der Waals surface area contributed by atoms with Gasteiger partial charge < -0.3 is 19.9 Å². The van der Waals surface area contributed by atoms with E-state index in [1.165, 1.54) is 238 Å². The molecule has 5 heterocycles. The molecule has 0 spiro atoms. The Morgan fingerprint density at radius 3 is 0.750 bits per heavy atom. The molecule has 0 amide bonds. The number of nitrogens with zero attached hydrogens (tertiary/aromatic N) is 4. The molecule has 88 heavy (non-hydrogen) atoms. The fourth-order valence-electron chi connectivity index (χ4n) is 15.0. The Morgan fingerprint density at radius 1 is 0.216 bits per heavy atom. The summed E-state index contributed by atoms with van der Waals surface area (Å²) < 4.78 is 0. The first-order valence-electron chi connectivity index (χ1n) is 36.9. The summed E-state index contributed by atoms with van der Waals surface area (Å²) in [7, 11) is 0. The van der Waals surface area contributed by atoms with Crippen LogP contribution in [-0.2, 0) is 51.4 Å². The maximum atomic E-state index is 6.33. The monoisotopic (exact) mass is 1190 g/mol. The Labute approximate surface area is 530 Å². The summed E-state index contributed by atoms with van der Waals surface area (Å²) in [6, 6.07) is 17.5. The lowest BCUT2D eigenvalue weighted by atomic mass is 9.82. The van der Waals surface area contributed by atoms with Crippen LogP contribution in [0.5, 0.6) is 0 Å². The average molecular weight is 1190 g/mol. The van der Waals surface area contributed by atoms with Gasteiger partial charge in [-0.3, -0.25) is 0 Å². The molecule has 4 aromatic heterocycles. The van der Waals surface area contributed by atoms with E-state index < -0.39 is 0 Å². The number of rotatable bonds is 40. The van der Waals surface area contributed by atoms with Crippen LogP contribution in [0.2, 0.25) is 0 Å². The zero-order valence-corrected chi connectivity index (χ0v) is 56.7. The molecule has 476 valence electrons. The first-order chi connectivity index (χ1) is 43.4. The molecular weight excluding hydrogens is 1070 g/mol. The van der Waals surface area contributed by atoms with Gasteiger partial charge in [-0.2, -0.15) is 0 Å². The van der Waals surface area contributed by atoms with E-state index in [-0.39, 0.29) is 0 Å². The zero-order chi connectivity index (χ0) is 61.5. The Kier molecular flexibility index (Phi) is 26.5. The second kappa shape index (κ2) is 35.0. The lowest BCUT2D eigenvalue weighted by molar-refractivity contribution is 0.634. The van der Waals surface area contributed by atoms with Gasteiger partial charge in [-0.1, -0.05) is 258 Å². The predicted molar refractivity (Wildman–Crippen MR) is 379 cm³/mol. The van der Waals surface area contributed by atoms with Gasteiger partial charge in [0.1, 0.15) is 45.2 Å². The minimum atomic E-state index is 0.803. The third-order valence-electron chi connectivity index (χ3n) is 19.8. The molecular formula is C80H116N8. The molecule has 0 aliphatic carbocycles. The molecule has 0 atom stereocenters. The van der Waals surface area contributed by atoms with Gasteiger partial charge in [-0.05, 0) is 147 Å². The number of aryl methyl sites for hydroxylation is 4. The summed E-state index contributed by atoms with van der Waals surface area (Å²) in [4.78, 5) is 40.1. The SMILES string of the molecule is CCCCCCc1c(CCCCCC)c(CCCCCC)c2c3[nH]c(c2c1CCCCCC)N=c1[nH]c(c2ccccc12)=Nc1[nH]c(c2ccccc12)N=c1[nH]c(c2c(CCCCCC)c(CCCCCC)c(CCCCCC)c(CCCCCC)c12)=N3. The zero-order valence-electron chi connectivity index (χ0n) is 56.7. The fraction of sp³-hybridized carbons (Fsp3) is 0.600. The van der Waals surface area contributed by atoms with Crippen LogP contribution in [0.15, 0.2) is 68.5 Å². The topological polar surface area (TPSA) is 113 Å². The molecule has 8 heteroatoms. The van der Waals surface area contributed by atoms with E-state index in [1.54, 1.807) is 33.4 Å². The van der Waals surface area contributed by atoms with Gasteiger partial charge >= 0.3 is 0 Å². The van der Waals surface area contributed by atoms with Crippen molar-refractivity contribution in [1.82, 2.24) is 19.9 Å². The summed E-state index contributed by atoms with van der Waals surface area (Å²) >= 11 is 0. The Morgan fingerprint density at radius 2 is 0.443 bits per heavy atom. The quantitative estimate of drug-likeness (QED) is 0.0274. The maximum absolute atomic E-state index is 6.33. The summed E-state index contributed by atoms with van der Waals surface area (Å²) in [6.07, 6.45) is 48.3. The number of nitrogens with one attached hydrogen (secondary N) is 4. The fourth-order valence-corrected chi connectivity index (χ4v) is 15.0. The van der Waals surface area contributed by atoms with E-state index in [0.29, 0.717) is 0 Å². The van der Waals surface area contributed by atoms with Gasteiger partial charge in [0.25, 0.3) is 0 Å². The van der Waals surface area contributed by atoms with Crippen molar-refractivity contribution in [3.63, 3.8) is 0 Å². The number of aromatic nitrogens is 4. The highest BCUT2D eigenvalue weighted by molar-refractivity contribution is 6.06. The molecule has 8 bridgehead atoms. The summed E-state index contributed by atoms with van der Waals surface area (Å²) in [6.45, 7) is 18.9. The summed E-state index contributed by atoms with van der Waals surface area (Å²) in [5.41, 5.74) is 16.3. The molecule has 0 unspecified atom stereocenters. The van der Waals surface area contributed by atoms with Crippen LogP contribution in [0, 0.1) is 0 Å². The number of benzene rings is 4.